The third-order valence-corrected chi connectivity index (χ3v) is 5.96. The summed E-state index contributed by atoms with van der Waals surface area (Å²) in [7, 11) is 0. The maximum atomic E-state index is 12.5. The van der Waals surface area contributed by atoms with Gasteiger partial charge < -0.3 is 24.8 Å². The number of piperidine rings is 1. The first kappa shape index (κ1) is 22.6. The van der Waals surface area contributed by atoms with Gasteiger partial charge in [-0.05, 0) is 62.5 Å². The van der Waals surface area contributed by atoms with Crippen LogP contribution in [0.4, 0.5) is 5.69 Å². The Labute approximate surface area is 183 Å². The lowest BCUT2D eigenvalue weighted by Gasteiger charge is -2.27. The number of morpholine rings is 1. The molecule has 4 rings (SSSR count). The van der Waals surface area contributed by atoms with Gasteiger partial charge in [0.05, 0.1) is 13.2 Å². The van der Waals surface area contributed by atoms with E-state index in [4.69, 9.17) is 4.74 Å². The molecule has 30 heavy (non-hydrogen) atoms. The minimum absolute atomic E-state index is 0. The molecule has 0 aliphatic carbocycles. The van der Waals surface area contributed by atoms with Crippen molar-refractivity contribution in [3.05, 3.63) is 30.5 Å². The van der Waals surface area contributed by atoms with Crippen LogP contribution in [0.15, 0.2) is 30.5 Å². The van der Waals surface area contributed by atoms with Gasteiger partial charge in [0.15, 0.2) is 0 Å². The molecular formula is C22H31ClN4O3. The molecule has 2 aliphatic rings. The van der Waals surface area contributed by atoms with E-state index in [9.17, 15) is 9.59 Å². The third kappa shape index (κ3) is 5.74. The number of aromatic nitrogens is 1. The van der Waals surface area contributed by atoms with Gasteiger partial charge >= 0.3 is 0 Å². The topological polar surface area (TPSA) is 75.6 Å². The van der Waals surface area contributed by atoms with Crippen molar-refractivity contribution < 1.29 is 14.3 Å². The highest BCUT2D eigenvalue weighted by Crippen LogP contribution is 2.22. The van der Waals surface area contributed by atoms with Gasteiger partial charge in [0.1, 0.15) is 6.54 Å². The van der Waals surface area contributed by atoms with Crippen molar-refractivity contribution in [2.45, 2.75) is 32.2 Å². The normalized spacial score (nSPS) is 17.5. The molecule has 2 amide bonds. The highest BCUT2D eigenvalue weighted by molar-refractivity contribution is 5.94. The Balaban J connectivity index is 0.00000256. The first-order valence-corrected chi connectivity index (χ1v) is 10.6. The summed E-state index contributed by atoms with van der Waals surface area (Å²) < 4.78 is 7.28. The number of hydrogen-bond donors (Lipinski definition) is 2. The number of amides is 2. The van der Waals surface area contributed by atoms with Crippen molar-refractivity contribution in [2.75, 3.05) is 44.7 Å². The van der Waals surface area contributed by atoms with Gasteiger partial charge in [-0.2, -0.15) is 0 Å². The average Bonchev–Trinajstić information content (AvgIpc) is 3.15. The summed E-state index contributed by atoms with van der Waals surface area (Å²) >= 11 is 0. The number of benzene rings is 1. The first-order chi connectivity index (χ1) is 14.2. The standard InChI is InChI=1S/C22H30N4O3.ClH/c27-21(4-1-17-5-8-23-9-6-17)24-19-2-3-20-18(15-19)7-10-26(20)16-22(28)25-11-13-29-14-12-25;/h2-3,7,10,15,17,23H,1,4-6,8-9,11-14,16H2,(H,24,27);1H. The van der Waals surface area contributed by atoms with Gasteiger partial charge in [0, 0.05) is 42.3 Å². The monoisotopic (exact) mass is 434 g/mol. The zero-order chi connectivity index (χ0) is 20.1. The van der Waals surface area contributed by atoms with E-state index < -0.39 is 0 Å². The summed E-state index contributed by atoms with van der Waals surface area (Å²) in [6, 6.07) is 7.87. The van der Waals surface area contributed by atoms with Crippen molar-refractivity contribution in [2.24, 2.45) is 5.92 Å². The molecule has 2 saturated heterocycles. The number of anilines is 1. The van der Waals surface area contributed by atoms with E-state index >= 15 is 0 Å². The molecule has 0 atom stereocenters. The fourth-order valence-electron chi connectivity index (χ4n) is 4.20. The third-order valence-electron chi connectivity index (χ3n) is 5.96. The lowest BCUT2D eigenvalue weighted by atomic mass is 9.93. The van der Waals surface area contributed by atoms with Crippen molar-refractivity contribution in [1.82, 2.24) is 14.8 Å². The van der Waals surface area contributed by atoms with Gasteiger partial charge in [-0.1, -0.05) is 0 Å². The van der Waals surface area contributed by atoms with Crippen LogP contribution in [-0.4, -0.2) is 60.7 Å². The predicted molar refractivity (Wildman–Crippen MR) is 120 cm³/mol. The zero-order valence-electron chi connectivity index (χ0n) is 17.3. The average molecular weight is 435 g/mol. The molecule has 2 aliphatic heterocycles. The zero-order valence-corrected chi connectivity index (χ0v) is 18.1. The SMILES string of the molecule is Cl.O=C(CCC1CCNCC1)Nc1ccc2c(ccn2CC(=O)N2CCOCC2)c1. The number of rotatable bonds is 6. The summed E-state index contributed by atoms with van der Waals surface area (Å²) in [4.78, 5) is 26.7. The van der Waals surface area contributed by atoms with Crippen LogP contribution in [0.25, 0.3) is 10.9 Å². The number of nitrogens with zero attached hydrogens (tertiary/aromatic N) is 2. The highest BCUT2D eigenvalue weighted by Gasteiger charge is 2.18. The molecule has 1 aromatic carbocycles. The first-order valence-electron chi connectivity index (χ1n) is 10.6. The van der Waals surface area contributed by atoms with E-state index in [1.807, 2.05) is 39.9 Å². The van der Waals surface area contributed by atoms with Gasteiger partial charge in [-0.25, -0.2) is 0 Å². The molecule has 8 heteroatoms. The van der Waals surface area contributed by atoms with Crippen molar-refractivity contribution >= 4 is 40.8 Å². The van der Waals surface area contributed by atoms with E-state index in [0.717, 1.165) is 48.9 Å². The molecular weight excluding hydrogens is 404 g/mol. The highest BCUT2D eigenvalue weighted by atomic mass is 35.5. The molecule has 164 valence electrons. The van der Waals surface area contributed by atoms with Crippen LogP contribution < -0.4 is 10.6 Å². The maximum absolute atomic E-state index is 12.5. The lowest BCUT2D eigenvalue weighted by Crippen LogP contribution is -2.42. The van der Waals surface area contributed by atoms with Crippen LogP contribution in [0.1, 0.15) is 25.7 Å². The Kier molecular flexibility index (Phi) is 8.13. The lowest BCUT2D eigenvalue weighted by molar-refractivity contribution is -0.135. The van der Waals surface area contributed by atoms with Crippen LogP contribution in [0.2, 0.25) is 0 Å². The smallest absolute Gasteiger partial charge is 0.242 e. The summed E-state index contributed by atoms with van der Waals surface area (Å²) in [5.74, 6) is 0.841. The molecule has 0 bridgehead atoms. The number of carbonyl (C=O) groups excluding carboxylic acids is 2. The fraction of sp³-hybridized carbons (Fsp3) is 0.545. The number of carbonyl (C=O) groups is 2. The predicted octanol–water partition coefficient (Wildman–Crippen LogP) is 2.64. The van der Waals surface area contributed by atoms with Crippen molar-refractivity contribution in [3.8, 4) is 0 Å². The van der Waals surface area contributed by atoms with Gasteiger partial charge in [0.25, 0.3) is 0 Å². The van der Waals surface area contributed by atoms with Crippen LogP contribution in [-0.2, 0) is 20.9 Å². The molecule has 0 radical (unpaired) electrons. The van der Waals surface area contributed by atoms with Gasteiger partial charge in [-0.3, -0.25) is 9.59 Å². The fourth-order valence-corrected chi connectivity index (χ4v) is 4.20. The second-order valence-corrected chi connectivity index (χ2v) is 7.99. The number of hydrogen-bond acceptors (Lipinski definition) is 4. The van der Waals surface area contributed by atoms with Gasteiger partial charge in [0.2, 0.25) is 11.8 Å². The molecule has 2 aromatic rings. The summed E-state index contributed by atoms with van der Waals surface area (Å²) in [5, 5.41) is 7.41. The Morgan fingerprint density at radius 2 is 1.90 bits per heavy atom. The molecule has 1 aromatic heterocycles. The second kappa shape index (κ2) is 10.8. The Morgan fingerprint density at radius 1 is 1.13 bits per heavy atom. The molecule has 2 fully saturated rings. The molecule has 3 heterocycles. The Bertz CT molecular complexity index is 857. The van der Waals surface area contributed by atoms with E-state index in [1.165, 1.54) is 0 Å². The maximum Gasteiger partial charge on any atom is 0.242 e. The van der Waals surface area contributed by atoms with E-state index in [-0.39, 0.29) is 24.2 Å². The van der Waals surface area contributed by atoms with Crippen molar-refractivity contribution in [3.63, 3.8) is 0 Å². The largest absolute Gasteiger partial charge is 0.378 e. The van der Waals surface area contributed by atoms with E-state index in [0.29, 0.717) is 45.2 Å². The second-order valence-electron chi connectivity index (χ2n) is 7.99. The molecule has 2 N–H and O–H groups in total. The molecule has 0 unspecified atom stereocenters. The van der Waals surface area contributed by atoms with Crippen LogP contribution in [0.3, 0.4) is 0 Å². The Morgan fingerprint density at radius 3 is 2.67 bits per heavy atom. The van der Waals surface area contributed by atoms with Crippen molar-refractivity contribution in [1.29, 1.82) is 0 Å². The summed E-state index contributed by atoms with van der Waals surface area (Å²) in [5.41, 5.74) is 1.81. The van der Waals surface area contributed by atoms with E-state index in [2.05, 4.69) is 10.6 Å². The quantitative estimate of drug-likeness (QED) is 0.732. The number of nitrogens with one attached hydrogen (secondary N) is 2. The Hall–Kier alpha value is -2.09. The van der Waals surface area contributed by atoms with Crippen LogP contribution in [0, 0.1) is 5.92 Å². The minimum Gasteiger partial charge on any atom is -0.378 e. The molecule has 0 saturated carbocycles. The molecule has 0 spiro atoms. The van der Waals surface area contributed by atoms with Gasteiger partial charge in [-0.15, -0.1) is 12.4 Å². The number of halogens is 1. The summed E-state index contributed by atoms with van der Waals surface area (Å²) in [6.45, 7) is 4.99. The summed E-state index contributed by atoms with van der Waals surface area (Å²) in [6.07, 6.45) is 5.78. The number of ether oxygens (including phenoxy) is 1. The van der Waals surface area contributed by atoms with Crippen LogP contribution >= 0.6 is 12.4 Å². The minimum atomic E-state index is 0. The van der Waals surface area contributed by atoms with Crippen LogP contribution in [0.5, 0.6) is 0 Å². The number of fused-ring (bicyclic) bond motifs is 1. The van der Waals surface area contributed by atoms with E-state index in [1.54, 1.807) is 0 Å². The molecule has 7 nitrogen and oxygen atoms in total.